The average molecular weight is 373 g/mol. The lowest BCUT2D eigenvalue weighted by atomic mass is 10.1. The van der Waals surface area contributed by atoms with Gasteiger partial charge in [-0.15, -0.1) is 0 Å². The van der Waals surface area contributed by atoms with E-state index in [1.165, 1.54) is 17.0 Å². The molecule has 1 amide bonds. The number of aromatic hydroxyl groups is 1. The summed E-state index contributed by atoms with van der Waals surface area (Å²) in [4.78, 5) is 34.5. The number of benzene rings is 2. The second-order valence-electron chi connectivity index (χ2n) is 6.03. The van der Waals surface area contributed by atoms with Crippen LogP contribution in [0.25, 0.3) is 0 Å². The molecule has 2 aromatic rings. The maximum Gasteiger partial charge on any atom is 0.277 e. The van der Waals surface area contributed by atoms with Crippen molar-refractivity contribution in [3.05, 3.63) is 68.3 Å². The number of nitro benzene ring substituents is 2. The zero-order chi connectivity index (χ0) is 19.6. The Morgan fingerprint density at radius 1 is 1.07 bits per heavy atom. The number of amides is 1. The maximum atomic E-state index is 12.6. The van der Waals surface area contributed by atoms with Gasteiger partial charge in [0.05, 0.1) is 28.0 Å². The Labute approximate surface area is 152 Å². The fourth-order valence-corrected chi connectivity index (χ4v) is 2.84. The first-order chi connectivity index (χ1) is 12.8. The van der Waals surface area contributed by atoms with Gasteiger partial charge in [0.1, 0.15) is 17.6 Å². The van der Waals surface area contributed by atoms with Crippen molar-refractivity contribution in [2.75, 3.05) is 13.1 Å². The number of carbonyl (C=O) groups is 1. The largest absolute Gasteiger partial charge is 0.508 e. The highest BCUT2D eigenvalue weighted by atomic mass is 16.6. The number of hydrogen-bond donors (Lipinski definition) is 1. The van der Waals surface area contributed by atoms with Crippen molar-refractivity contribution in [3.8, 4) is 11.5 Å². The van der Waals surface area contributed by atoms with Crippen molar-refractivity contribution < 1.29 is 24.5 Å². The Morgan fingerprint density at radius 2 is 1.67 bits per heavy atom. The molecule has 1 aliphatic rings. The molecule has 3 rings (SSSR count). The van der Waals surface area contributed by atoms with Crippen LogP contribution in [0.3, 0.4) is 0 Å². The molecule has 1 fully saturated rings. The molecule has 1 atom stereocenters. The number of non-ortho nitro benzene ring substituents is 2. The third-order valence-electron chi connectivity index (χ3n) is 4.14. The molecule has 0 aromatic heterocycles. The molecule has 1 heterocycles. The van der Waals surface area contributed by atoms with Gasteiger partial charge in [-0.3, -0.25) is 25.0 Å². The fraction of sp³-hybridized carbons (Fsp3) is 0.235. The van der Waals surface area contributed by atoms with Gasteiger partial charge >= 0.3 is 0 Å². The van der Waals surface area contributed by atoms with Crippen molar-refractivity contribution in [3.63, 3.8) is 0 Å². The van der Waals surface area contributed by atoms with Gasteiger partial charge in [0.25, 0.3) is 17.3 Å². The van der Waals surface area contributed by atoms with Gasteiger partial charge in [-0.25, -0.2) is 0 Å². The van der Waals surface area contributed by atoms with Crippen molar-refractivity contribution in [2.45, 2.75) is 12.5 Å². The first-order valence-corrected chi connectivity index (χ1v) is 8.02. The van der Waals surface area contributed by atoms with Crippen LogP contribution < -0.4 is 4.74 Å². The number of ether oxygens (including phenoxy) is 1. The van der Waals surface area contributed by atoms with E-state index < -0.39 is 27.1 Å². The normalized spacial score (nSPS) is 16.1. The van der Waals surface area contributed by atoms with Gasteiger partial charge < -0.3 is 14.7 Å². The van der Waals surface area contributed by atoms with Gasteiger partial charge in [0.15, 0.2) is 0 Å². The van der Waals surface area contributed by atoms with Crippen LogP contribution in [0.5, 0.6) is 11.5 Å². The minimum Gasteiger partial charge on any atom is -0.508 e. The van der Waals surface area contributed by atoms with Crippen LogP contribution in [-0.4, -0.2) is 45.0 Å². The maximum absolute atomic E-state index is 12.6. The zero-order valence-electron chi connectivity index (χ0n) is 14.0. The highest BCUT2D eigenvalue weighted by Crippen LogP contribution is 2.26. The Balaban J connectivity index is 1.74. The smallest absolute Gasteiger partial charge is 0.277 e. The van der Waals surface area contributed by atoms with Crippen LogP contribution in [0.15, 0.2) is 42.5 Å². The summed E-state index contributed by atoms with van der Waals surface area (Å²) < 4.78 is 5.75. The topological polar surface area (TPSA) is 136 Å². The first-order valence-electron chi connectivity index (χ1n) is 8.02. The van der Waals surface area contributed by atoms with Crippen molar-refractivity contribution >= 4 is 17.3 Å². The van der Waals surface area contributed by atoms with E-state index in [-0.39, 0.29) is 24.0 Å². The molecular formula is C17H15N3O7. The Bertz CT molecular complexity index is 866. The Kier molecular flexibility index (Phi) is 4.88. The van der Waals surface area contributed by atoms with Gasteiger partial charge in [0.2, 0.25) is 0 Å². The summed E-state index contributed by atoms with van der Waals surface area (Å²) in [6.45, 7) is 0.605. The van der Waals surface area contributed by atoms with E-state index in [1.54, 1.807) is 12.1 Å². The van der Waals surface area contributed by atoms with Crippen molar-refractivity contribution in [1.29, 1.82) is 0 Å². The average Bonchev–Trinajstić information content (AvgIpc) is 3.11. The minimum atomic E-state index is -0.773. The second kappa shape index (κ2) is 7.28. The summed E-state index contributed by atoms with van der Waals surface area (Å²) in [6, 6.07) is 9.04. The Morgan fingerprint density at radius 3 is 2.22 bits per heavy atom. The summed E-state index contributed by atoms with van der Waals surface area (Å²) in [5, 5.41) is 31.2. The minimum absolute atomic E-state index is 0.109. The molecule has 140 valence electrons. The van der Waals surface area contributed by atoms with Gasteiger partial charge in [-0.05, 0) is 24.3 Å². The number of rotatable bonds is 5. The lowest BCUT2D eigenvalue weighted by Gasteiger charge is -2.17. The molecule has 1 saturated heterocycles. The van der Waals surface area contributed by atoms with E-state index >= 15 is 0 Å². The SMILES string of the molecule is O=C(c1cc([N+](=O)[O-])cc([N+](=O)[O-])c1)N1CC[C@@H](Oc2ccc(O)cc2)C1. The molecule has 0 radical (unpaired) electrons. The third kappa shape index (κ3) is 4.11. The predicted octanol–water partition coefficient (Wildman–Crippen LogP) is 2.50. The van der Waals surface area contributed by atoms with E-state index in [9.17, 15) is 30.1 Å². The number of phenolic OH excluding ortho intramolecular Hbond substituents is 1. The molecule has 10 nitrogen and oxygen atoms in total. The number of carbonyl (C=O) groups excluding carboxylic acids is 1. The summed E-state index contributed by atoms with van der Waals surface area (Å²) in [6.07, 6.45) is 0.260. The summed E-state index contributed by atoms with van der Waals surface area (Å²) in [5.74, 6) is 0.120. The van der Waals surface area contributed by atoms with E-state index in [0.717, 1.165) is 18.2 Å². The quantitative estimate of drug-likeness (QED) is 0.628. The van der Waals surface area contributed by atoms with Gasteiger partial charge in [-0.2, -0.15) is 0 Å². The molecule has 0 aliphatic carbocycles. The predicted molar refractivity (Wildman–Crippen MR) is 92.8 cm³/mol. The number of nitro groups is 2. The number of phenols is 1. The highest BCUT2D eigenvalue weighted by molar-refractivity contribution is 5.95. The summed E-state index contributed by atoms with van der Waals surface area (Å²) in [7, 11) is 0. The van der Waals surface area contributed by atoms with E-state index in [1.807, 2.05) is 0 Å². The van der Waals surface area contributed by atoms with E-state index in [0.29, 0.717) is 18.7 Å². The van der Waals surface area contributed by atoms with Crippen LogP contribution in [-0.2, 0) is 0 Å². The standard InChI is InChI=1S/C17H15N3O7/c21-14-1-3-15(4-2-14)27-16-5-6-18(10-16)17(22)11-7-12(19(23)24)9-13(8-11)20(25)26/h1-4,7-9,16,21H,5-6,10H2/t16-/m1/s1. The molecule has 27 heavy (non-hydrogen) atoms. The van der Waals surface area contributed by atoms with Gasteiger partial charge in [-0.1, -0.05) is 0 Å². The third-order valence-corrected chi connectivity index (χ3v) is 4.14. The number of likely N-dealkylation sites (tertiary alicyclic amines) is 1. The van der Waals surface area contributed by atoms with Crippen LogP contribution in [0.2, 0.25) is 0 Å². The number of hydrogen-bond acceptors (Lipinski definition) is 7. The Hall–Kier alpha value is -3.69. The van der Waals surface area contributed by atoms with Crippen LogP contribution >= 0.6 is 0 Å². The summed E-state index contributed by atoms with van der Waals surface area (Å²) >= 11 is 0. The van der Waals surface area contributed by atoms with E-state index in [2.05, 4.69) is 0 Å². The highest BCUT2D eigenvalue weighted by Gasteiger charge is 2.30. The molecular weight excluding hydrogens is 358 g/mol. The number of nitrogens with zero attached hydrogens (tertiary/aromatic N) is 3. The van der Waals surface area contributed by atoms with Gasteiger partial charge in [0, 0.05) is 25.1 Å². The molecule has 0 spiro atoms. The molecule has 10 heteroatoms. The van der Waals surface area contributed by atoms with E-state index in [4.69, 9.17) is 4.74 Å². The molecule has 2 aromatic carbocycles. The first kappa shape index (κ1) is 18.1. The lowest BCUT2D eigenvalue weighted by Crippen LogP contribution is -2.31. The van der Waals surface area contributed by atoms with Crippen LogP contribution in [0, 0.1) is 20.2 Å². The fourth-order valence-electron chi connectivity index (χ4n) is 2.84. The molecule has 0 bridgehead atoms. The lowest BCUT2D eigenvalue weighted by molar-refractivity contribution is -0.394. The zero-order valence-corrected chi connectivity index (χ0v) is 14.0. The van der Waals surface area contributed by atoms with Crippen molar-refractivity contribution in [1.82, 2.24) is 4.90 Å². The second-order valence-corrected chi connectivity index (χ2v) is 6.03. The molecule has 1 aliphatic heterocycles. The molecule has 1 N–H and O–H groups in total. The molecule has 0 saturated carbocycles. The summed E-state index contributed by atoms with van der Waals surface area (Å²) in [5.41, 5.74) is -1.13. The van der Waals surface area contributed by atoms with Crippen LogP contribution in [0.4, 0.5) is 11.4 Å². The monoisotopic (exact) mass is 373 g/mol. The molecule has 0 unspecified atom stereocenters. The van der Waals surface area contributed by atoms with Crippen molar-refractivity contribution in [2.24, 2.45) is 0 Å². The van der Waals surface area contributed by atoms with Crippen LogP contribution in [0.1, 0.15) is 16.8 Å².